The molecule has 8 heteroatoms. The third-order valence-corrected chi connectivity index (χ3v) is 5.34. The van der Waals surface area contributed by atoms with Crippen LogP contribution in [-0.2, 0) is 22.4 Å². The first kappa shape index (κ1) is 23.7. The first-order chi connectivity index (χ1) is 15.2. The maximum atomic E-state index is 12.7. The summed E-state index contributed by atoms with van der Waals surface area (Å²) in [5.41, 5.74) is 5.27. The summed E-state index contributed by atoms with van der Waals surface area (Å²) in [5, 5.41) is 8.80. The Morgan fingerprint density at radius 2 is 1.84 bits per heavy atom. The fourth-order valence-electron chi connectivity index (χ4n) is 3.65. The molecule has 1 aliphatic carbocycles. The van der Waals surface area contributed by atoms with Crippen LogP contribution in [0.25, 0.3) is 5.70 Å². The summed E-state index contributed by atoms with van der Waals surface area (Å²) >= 11 is 0. The molecule has 0 bridgehead atoms. The molecule has 0 unspecified atom stereocenters. The molecule has 3 rings (SSSR count). The number of hydroxylamine groups is 1. The third kappa shape index (κ3) is 6.75. The van der Waals surface area contributed by atoms with Crippen LogP contribution in [-0.4, -0.2) is 17.7 Å². The van der Waals surface area contributed by atoms with Gasteiger partial charge in [0, 0.05) is 5.56 Å². The fraction of sp³-hybridized carbons (Fsp3) is 0.375. The molecule has 5 nitrogen and oxygen atoms in total. The maximum Gasteiger partial charge on any atom is 0.416 e. The van der Waals surface area contributed by atoms with E-state index in [1.54, 1.807) is 6.07 Å². The third-order valence-electron chi connectivity index (χ3n) is 5.34. The highest BCUT2D eigenvalue weighted by molar-refractivity contribution is 5.69. The van der Waals surface area contributed by atoms with Crippen molar-refractivity contribution in [1.82, 2.24) is 5.48 Å². The SMILES string of the molecule is Cc1cc(C(=CC2CCCC2)NOCc2ccc(C(F)(F)F)cc2)ccc1OCC(=O)O. The minimum absolute atomic E-state index is 0.0962. The molecular weight excluding hydrogens is 423 g/mol. The predicted octanol–water partition coefficient (Wildman–Crippen LogP) is 5.73. The number of allylic oxidation sites excluding steroid dienone is 1. The number of halogens is 3. The summed E-state index contributed by atoms with van der Waals surface area (Å²) in [5.74, 6) is -0.147. The van der Waals surface area contributed by atoms with Crippen molar-refractivity contribution in [2.45, 2.75) is 45.4 Å². The van der Waals surface area contributed by atoms with Crippen molar-refractivity contribution in [1.29, 1.82) is 0 Å². The summed E-state index contributed by atoms with van der Waals surface area (Å²) in [7, 11) is 0. The van der Waals surface area contributed by atoms with Crippen molar-refractivity contribution in [3.8, 4) is 5.75 Å². The van der Waals surface area contributed by atoms with Gasteiger partial charge >= 0.3 is 12.1 Å². The van der Waals surface area contributed by atoms with E-state index >= 15 is 0 Å². The summed E-state index contributed by atoms with van der Waals surface area (Å²) < 4.78 is 43.4. The fourth-order valence-corrected chi connectivity index (χ4v) is 3.65. The van der Waals surface area contributed by atoms with Gasteiger partial charge in [-0.15, -0.1) is 0 Å². The van der Waals surface area contributed by atoms with E-state index in [0.717, 1.165) is 41.8 Å². The lowest BCUT2D eigenvalue weighted by molar-refractivity contribution is -0.139. The number of aliphatic carboxylic acids is 1. The van der Waals surface area contributed by atoms with Gasteiger partial charge < -0.3 is 9.84 Å². The minimum Gasteiger partial charge on any atom is -0.482 e. The van der Waals surface area contributed by atoms with E-state index in [4.69, 9.17) is 14.7 Å². The highest BCUT2D eigenvalue weighted by Gasteiger charge is 2.29. The molecule has 2 aromatic rings. The zero-order chi connectivity index (χ0) is 23.1. The minimum atomic E-state index is -4.37. The number of hydrogen-bond acceptors (Lipinski definition) is 4. The summed E-state index contributed by atoms with van der Waals surface area (Å²) in [6.45, 7) is 1.51. The number of carbonyl (C=O) groups is 1. The van der Waals surface area contributed by atoms with Gasteiger partial charge in [0.25, 0.3) is 0 Å². The Kier molecular flexibility index (Phi) is 7.80. The van der Waals surface area contributed by atoms with E-state index in [1.807, 2.05) is 19.1 Å². The van der Waals surface area contributed by atoms with Crippen molar-refractivity contribution in [2.75, 3.05) is 6.61 Å². The maximum absolute atomic E-state index is 12.7. The number of aryl methyl sites for hydroxylation is 1. The second-order valence-electron chi connectivity index (χ2n) is 7.87. The van der Waals surface area contributed by atoms with E-state index in [1.165, 1.54) is 25.0 Å². The van der Waals surface area contributed by atoms with Crippen molar-refractivity contribution >= 4 is 11.7 Å². The van der Waals surface area contributed by atoms with Crippen molar-refractivity contribution in [2.24, 2.45) is 5.92 Å². The Balaban J connectivity index is 1.69. The first-order valence-corrected chi connectivity index (χ1v) is 10.4. The molecule has 0 spiro atoms. The van der Waals surface area contributed by atoms with Crippen LogP contribution in [0, 0.1) is 12.8 Å². The van der Waals surface area contributed by atoms with Gasteiger partial charge in [0.15, 0.2) is 6.61 Å². The zero-order valence-corrected chi connectivity index (χ0v) is 17.7. The van der Waals surface area contributed by atoms with Gasteiger partial charge in [0.05, 0.1) is 17.9 Å². The van der Waals surface area contributed by atoms with Crippen LogP contribution in [0.2, 0.25) is 0 Å². The number of hydrogen-bond donors (Lipinski definition) is 2. The monoisotopic (exact) mass is 449 g/mol. The van der Waals surface area contributed by atoms with E-state index < -0.39 is 24.3 Å². The molecule has 0 heterocycles. The smallest absolute Gasteiger partial charge is 0.416 e. The molecule has 32 heavy (non-hydrogen) atoms. The Labute approximate surface area is 184 Å². The number of carboxylic acid groups (broad SMARTS) is 1. The van der Waals surface area contributed by atoms with Crippen molar-refractivity contribution in [3.63, 3.8) is 0 Å². The normalized spacial score (nSPS) is 15.1. The molecule has 0 radical (unpaired) electrons. The average molecular weight is 449 g/mol. The summed E-state index contributed by atoms with van der Waals surface area (Å²) in [6, 6.07) is 10.3. The lowest BCUT2D eigenvalue weighted by Gasteiger charge is -2.16. The molecule has 1 aliphatic rings. The Morgan fingerprint density at radius 1 is 1.16 bits per heavy atom. The predicted molar refractivity (Wildman–Crippen MR) is 114 cm³/mol. The second kappa shape index (κ2) is 10.5. The molecule has 172 valence electrons. The molecule has 2 N–H and O–H groups in total. The summed E-state index contributed by atoms with van der Waals surface area (Å²) in [4.78, 5) is 16.4. The quantitative estimate of drug-likeness (QED) is 0.479. The highest BCUT2D eigenvalue weighted by atomic mass is 19.4. The van der Waals surface area contributed by atoms with Crippen LogP contribution in [0.1, 0.15) is 47.9 Å². The standard InChI is InChI=1S/C24H26F3NO4/c1-16-12-19(8-11-22(16)31-15-23(29)30)21(13-17-4-2-3-5-17)28-32-14-18-6-9-20(10-7-18)24(25,26)27/h6-13,17,28H,2-5,14-15H2,1H3,(H,29,30). The van der Waals surface area contributed by atoms with E-state index in [2.05, 4.69) is 11.6 Å². The molecule has 0 aliphatic heterocycles. The number of ether oxygens (including phenoxy) is 1. The summed E-state index contributed by atoms with van der Waals surface area (Å²) in [6.07, 6.45) is 2.26. The van der Waals surface area contributed by atoms with Crippen LogP contribution in [0.15, 0.2) is 48.5 Å². The van der Waals surface area contributed by atoms with Gasteiger partial charge in [0.1, 0.15) is 5.75 Å². The molecule has 0 atom stereocenters. The number of rotatable bonds is 9. The Morgan fingerprint density at radius 3 is 2.44 bits per heavy atom. The molecular formula is C24H26F3NO4. The largest absolute Gasteiger partial charge is 0.482 e. The van der Waals surface area contributed by atoms with Crippen molar-refractivity contribution < 1.29 is 32.6 Å². The van der Waals surface area contributed by atoms with Gasteiger partial charge in [-0.2, -0.15) is 13.2 Å². The second-order valence-corrected chi connectivity index (χ2v) is 7.87. The van der Waals surface area contributed by atoms with Gasteiger partial charge in [-0.3, -0.25) is 10.3 Å². The zero-order valence-electron chi connectivity index (χ0n) is 17.7. The first-order valence-electron chi connectivity index (χ1n) is 10.4. The average Bonchev–Trinajstić information content (AvgIpc) is 3.25. The molecule has 1 saturated carbocycles. The topological polar surface area (TPSA) is 67.8 Å². The number of carboxylic acids is 1. The van der Waals surface area contributed by atoms with Crippen LogP contribution >= 0.6 is 0 Å². The molecule has 1 fully saturated rings. The van der Waals surface area contributed by atoms with Crippen LogP contribution in [0.4, 0.5) is 13.2 Å². The molecule has 0 saturated heterocycles. The highest BCUT2D eigenvalue weighted by Crippen LogP contribution is 2.31. The molecule has 0 aromatic heterocycles. The van der Waals surface area contributed by atoms with Crippen molar-refractivity contribution in [3.05, 3.63) is 70.8 Å². The van der Waals surface area contributed by atoms with Crippen LogP contribution < -0.4 is 10.2 Å². The number of benzene rings is 2. The van der Waals surface area contributed by atoms with E-state index in [0.29, 0.717) is 17.2 Å². The van der Waals surface area contributed by atoms with E-state index in [9.17, 15) is 18.0 Å². The van der Waals surface area contributed by atoms with E-state index in [-0.39, 0.29) is 6.61 Å². The molecule has 0 amide bonds. The Bertz CT molecular complexity index is 949. The van der Waals surface area contributed by atoms with Gasteiger partial charge in [-0.1, -0.05) is 31.1 Å². The van der Waals surface area contributed by atoms with Crippen LogP contribution in [0.5, 0.6) is 5.75 Å². The number of nitrogens with one attached hydrogen (secondary N) is 1. The Hall–Kier alpha value is -3.00. The van der Waals surface area contributed by atoms with Gasteiger partial charge in [-0.25, -0.2) is 4.79 Å². The molecule has 2 aromatic carbocycles. The lowest BCUT2D eigenvalue weighted by Crippen LogP contribution is -2.15. The number of alkyl halides is 3. The van der Waals surface area contributed by atoms with Crippen LogP contribution in [0.3, 0.4) is 0 Å². The lowest BCUT2D eigenvalue weighted by atomic mass is 10.0. The van der Waals surface area contributed by atoms with Gasteiger partial charge in [-0.05, 0) is 67.1 Å². The van der Waals surface area contributed by atoms with Gasteiger partial charge in [0.2, 0.25) is 0 Å².